The Balaban J connectivity index is 2.58. The highest BCUT2D eigenvalue weighted by atomic mass is 16.6. The molecule has 66 valence electrons. The third-order valence-electron chi connectivity index (χ3n) is 1.49. The van der Waals surface area contributed by atoms with Crippen LogP contribution in [0.5, 0.6) is 0 Å². The van der Waals surface area contributed by atoms with Gasteiger partial charge in [-0.1, -0.05) is 6.58 Å². The van der Waals surface area contributed by atoms with Gasteiger partial charge in [0.2, 0.25) is 6.10 Å². The summed E-state index contributed by atoms with van der Waals surface area (Å²) in [6.07, 6.45) is -0.763. The van der Waals surface area contributed by atoms with Crippen molar-refractivity contribution in [2.24, 2.45) is 0 Å². The van der Waals surface area contributed by atoms with Crippen molar-refractivity contribution in [1.29, 1.82) is 0 Å². The molecular weight excluding hydrogens is 160 g/mol. The van der Waals surface area contributed by atoms with Crippen LogP contribution in [0.2, 0.25) is 0 Å². The summed E-state index contributed by atoms with van der Waals surface area (Å²) in [5.74, 6) is -0.952. The van der Waals surface area contributed by atoms with E-state index in [9.17, 15) is 9.59 Å². The van der Waals surface area contributed by atoms with Crippen LogP contribution in [0.3, 0.4) is 0 Å². The first-order chi connectivity index (χ1) is 5.65. The third kappa shape index (κ3) is 1.64. The Hall–Kier alpha value is -1.32. The van der Waals surface area contributed by atoms with Crippen molar-refractivity contribution in [2.45, 2.75) is 19.4 Å². The fourth-order valence-corrected chi connectivity index (χ4v) is 0.967. The van der Waals surface area contributed by atoms with E-state index in [1.165, 1.54) is 0 Å². The van der Waals surface area contributed by atoms with Crippen LogP contribution in [-0.4, -0.2) is 24.6 Å². The minimum Gasteiger partial charge on any atom is -0.463 e. The minimum absolute atomic E-state index is 0.115. The standard InChI is InChI=1S/C8H10O4/c1-3-11-8(10)7-5(2)4-6(9)12-7/h7H,2-4H2,1H3. The summed E-state index contributed by atoms with van der Waals surface area (Å²) in [6.45, 7) is 5.51. The first-order valence-corrected chi connectivity index (χ1v) is 3.69. The first-order valence-electron chi connectivity index (χ1n) is 3.69. The Morgan fingerprint density at radius 3 is 2.92 bits per heavy atom. The predicted octanol–water partition coefficient (Wildman–Crippen LogP) is 0.421. The molecule has 0 aromatic heterocycles. The summed E-state index contributed by atoms with van der Waals surface area (Å²) >= 11 is 0. The number of carbonyl (C=O) groups excluding carboxylic acids is 2. The topological polar surface area (TPSA) is 52.6 Å². The minimum atomic E-state index is -0.877. The second kappa shape index (κ2) is 3.38. The molecule has 4 nitrogen and oxygen atoms in total. The van der Waals surface area contributed by atoms with Gasteiger partial charge >= 0.3 is 11.9 Å². The van der Waals surface area contributed by atoms with Crippen LogP contribution >= 0.6 is 0 Å². The molecule has 0 N–H and O–H groups in total. The van der Waals surface area contributed by atoms with E-state index in [1.54, 1.807) is 6.92 Å². The van der Waals surface area contributed by atoms with E-state index in [0.29, 0.717) is 5.57 Å². The molecule has 0 spiro atoms. The molecule has 12 heavy (non-hydrogen) atoms. The lowest BCUT2D eigenvalue weighted by atomic mass is 10.1. The maximum atomic E-state index is 11.0. The van der Waals surface area contributed by atoms with Crippen LogP contribution in [0.1, 0.15) is 13.3 Å². The lowest BCUT2D eigenvalue weighted by molar-refractivity contribution is -0.159. The molecule has 0 saturated carbocycles. The molecule has 1 fully saturated rings. The average molecular weight is 170 g/mol. The van der Waals surface area contributed by atoms with Gasteiger partial charge in [0.05, 0.1) is 13.0 Å². The number of ether oxygens (including phenoxy) is 2. The van der Waals surface area contributed by atoms with Crippen molar-refractivity contribution in [3.05, 3.63) is 12.2 Å². The Morgan fingerprint density at radius 2 is 2.50 bits per heavy atom. The zero-order valence-electron chi connectivity index (χ0n) is 6.83. The molecule has 4 heteroatoms. The SMILES string of the molecule is C=C1CC(=O)OC1C(=O)OCC. The van der Waals surface area contributed by atoms with E-state index in [2.05, 4.69) is 16.1 Å². The van der Waals surface area contributed by atoms with Gasteiger partial charge in [-0.25, -0.2) is 4.79 Å². The van der Waals surface area contributed by atoms with Crippen molar-refractivity contribution in [2.75, 3.05) is 6.61 Å². The molecule has 1 saturated heterocycles. The van der Waals surface area contributed by atoms with E-state index in [0.717, 1.165) is 0 Å². The van der Waals surface area contributed by atoms with Crippen molar-refractivity contribution >= 4 is 11.9 Å². The normalized spacial score (nSPS) is 22.2. The number of carbonyl (C=O) groups is 2. The van der Waals surface area contributed by atoms with E-state index < -0.39 is 18.0 Å². The number of cyclic esters (lactones) is 1. The molecular formula is C8H10O4. The van der Waals surface area contributed by atoms with Crippen molar-refractivity contribution in [3.63, 3.8) is 0 Å². The number of hydrogen-bond acceptors (Lipinski definition) is 4. The van der Waals surface area contributed by atoms with E-state index in [4.69, 9.17) is 0 Å². The van der Waals surface area contributed by atoms with E-state index in [-0.39, 0.29) is 13.0 Å². The maximum Gasteiger partial charge on any atom is 0.351 e. The number of rotatable bonds is 2. The smallest absolute Gasteiger partial charge is 0.351 e. The van der Waals surface area contributed by atoms with Gasteiger partial charge in [-0.05, 0) is 12.5 Å². The second-order valence-electron chi connectivity index (χ2n) is 2.46. The molecule has 0 aromatic rings. The Bertz CT molecular complexity index is 231. The van der Waals surface area contributed by atoms with Gasteiger partial charge in [-0.15, -0.1) is 0 Å². The summed E-state index contributed by atoms with van der Waals surface area (Å²) in [5.41, 5.74) is 0.471. The molecule has 1 heterocycles. The van der Waals surface area contributed by atoms with E-state index in [1.807, 2.05) is 0 Å². The Morgan fingerprint density at radius 1 is 1.83 bits per heavy atom. The summed E-state index contributed by atoms with van der Waals surface area (Å²) < 4.78 is 9.34. The lowest BCUT2D eigenvalue weighted by Crippen LogP contribution is -2.23. The molecule has 1 rings (SSSR count). The molecule has 0 radical (unpaired) electrons. The fraction of sp³-hybridized carbons (Fsp3) is 0.500. The second-order valence-corrected chi connectivity index (χ2v) is 2.46. The molecule has 1 unspecified atom stereocenters. The summed E-state index contributed by atoms with van der Waals surface area (Å²) in [7, 11) is 0. The van der Waals surface area contributed by atoms with Gasteiger partial charge in [0.1, 0.15) is 0 Å². The lowest BCUT2D eigenvalue weighted by Gasteiger charge is -2.07. The van der Waals surface area contributed by atoms with Gasteiger partial charge in [0, 0.05) is 0 Å². The zero-order chi connectivity index (χ0) is 9.14. The van der Waals surface area contributed by atoms with Gasteiger partial charge in [-0.3, -0.25) is 4.79 Å². The fourth-order valence-electron chi connectivity index (χ4n) is 0.967. The maximum absolute atomic E-state index is 11.0. The highest BCUT2D eigenvalue weighted by Gasteiger charge is 2.34. The number of hydrogen-bond donors (Lipinski definition) is 0. The molecule has 1 aliphatic heterocycles. The van der Waals surface area contributed by atoms with Crippen molar-refractivity contribution in [3.8, 4) is 0 Å². The molecule has 1 atom stereocenters. The molecule has 0 amide bonds. The van der Waals surface area contributed by atoms with Crippen LogP contribution in [0.4, 0.5) is 0 Å². The summed E-state index contributed by atoms with van der Waals surface area (Å²) in [6, 6.07) is 0. The molecule has 0 aromatic carbocycles. The summed E-state index contributed by atoms with van der Waals surface area (Å²) in [4.78, 5) is 21.7. The van der Waals surface area contributed by atoms with Gasteiger partial charge < -0.3 is 9.47 Å². The van der Waals surface area contributed by atoms with Crippen LogP contribution < -0.4 is 0 Å². The average Bonchev–Trinajstić information content (AvgIpc) is 2.30. The van der Waals surface area contributed by atoms with Crippen molar-refractivity contribution < 1.29 is 19.1 Å². The number of esters is 2. The summed E-state index contributed by atoms with van der Waals surface area (Å²) in [5, 5.41) is 0. The highest BCUT2D eigenvalue weighted by Crippen LogP contribution is 2.20. The Labute approximate surface area is 70.1 Å². The van der Waals surface area contributed by atoms with Gasteiger partial charge in [0.15, 0.2) is 0 Å². The monoisotopic (exact) mass is 170 g/mol. The highest BCUT2D eigenvalue weighted by molar-refractivity contribution is 5.88. The van der Waals surface area contributed by atoms with Crippen LogP contribution in [0.15, 0.2) is 12.2 Å². The third-order valence-corrected chi connectivity index (χ3v) is 1.49. The van der Waals surface area contributed by atoms with E-state index >= 15 is 0 Å². The quantitative estimate of drug-likeness (QED) is 0.445. The van der Waals surface area contributed by atoms with Gasteiger partial charge in [-0.2, -0.15) is 0 Å². The van der Waals surface area contributed by atoms with Crippen LogP contribution in [0.25, 0.3) is 0 Å². The van der Waals surface area contributed by atoms with Crippen LogP contribution in [0, 0.1) is 0 Å². The molecule has 1 aliphatic rings. The molecule has 0 aliphatic carbocycles. The predicted molar refractivity (Wildman–Crippen MR) is 40.3 cm³/mol. The molecule has 0 bridgehead atoms. The first kappa shape index (κ1) is 8.77. The largest absolute Gasteiger partial charge is 0.463 e. The Kier molecular flexibility index (Phi) is 2.47. The zero-order valence-corrected chi connectivity index (χ0v) is 6.83. The van der Waals surface area contributed by atoms with Crippen molar-refractivity contribution in [1.82, 2.24) is 0 Å². The van der Waals surface area contributed by atoms with Crippen LogP contribution in [-0.2, 0) is 19.1 Å². The van der Waals surface area contributed by atoms with Gasteiger partial charge in [0.25, 0.3) is 0 Å².